The Morgan fingerprint density at radius 1 is 1.03 bits per heavy atom. The molecule has 0 aliphatic heterocycles. The zero-order valence-corrected chi connectivity index (χ0v) is 17.1. The van der Waals surface area contributed by atoms with Gasteiger partial charge in [0.15, 0.2) is 0 Å². The summed E-state index contributed by atoms with van der Waals surface area (Å²) in [6.45, 7) is 6.56. The maximum Gasteiger partial charge on any atom is 0.330 e. The van der Waals surface area contributed by atoms with Gasteiger partial charge in [0, 0.05) is 34.5 Å². The molecule has 0 radical (unpaired) electrons. The molecule has 3 nitrogen and oxygen atoms in total. The molecule has 3 heteroatoms. The summed E-state index contributed by atoms with van der Waals surface area (Å²) in [5, 5.41) is 2.40. The van der Waals surface area contributed by atoms with Crippen LogP contribution in [0.5, 0.6) is 0 Å². The van der Waals surface area contributed by atoms with E-state index < -0.39 is 0 Å². The monoisotopic (exact) mass is 383 g/mol. The highest BCUT2D eigenvalue weighted by molar-refractivity contribution is 6.07. The normalized spacial score (nSPS) is 11.7. The van der Waals surface area contributed by atoms with E-state index in [-0.39, 0.29) is 11.9 Å². The fourth-order valence-electron chi connectivity index (χ4n) is 4.06. The number of nitrogens with zero attached hydrogens (tertiary/aromatic N) is 1. The molecule has 0 saturated heterocycles. The predicted octanol–water partition coefficient (Wildman–Crippen LogP) is 6.46. The maximum atomic E-state index is 12.1. The van der Waals surface area contributed by atoms with Crippen molar-refractivity contribution < 1.29 is 9.53 Å². The first-order chi connectivity index (χ1) is 14.1. The first kappa shape index (κ1) is 19.0. The summed E-state index contributed by atoms with van der Waals surface area (Å²) in [5.74, 6) is -0.0377. The molecule has 4 aromatic rings. The van der Waals surface area contributed by atoms with Crippen molar-refractivity contribution in [2.24, 2.45) is 0 Å². The van der Waals surface area contributed by atoms with E-state index in [2.05, 4.69) is 79.0 Å². The Labute approximate surface area is 171 Å². The third kappa shape index (κ3) is 3.44. The molecule has 0 atom stereocenters. The van der Waals surface area contributed by atoms with E-state index in [1.54, 1.807) is 6.08 Å². The summed E-state index contributed by atoms with van der Waals surface area (Å²) < 4.78 is 7.40. The molecule has 2 aromatic carbocycles. The number of rotatable bonds is 5. The molecule has 0 bridgehead atoms. The molecule has 0 amide bonds. The number of ether oxygens (including phenoxy) is 1. The van der Waals surface area contributed by atoms with Crippen LogP contribution in [0.3, 0.4) is 0 Å². The first-order valence-electron chi connectivity index (χ1n) is 10.1. The number of esters is 1. The van der Waals surface area contributed by atoms with Gasteiger partial charge in [0.2, 0.25) is 0 Å². The quantitative estimate of drug-likeness (QED) is 0.292. The second-order valence-corrected chi connectivity index (χ2v) is 7.40. The zero-order chi connectivity index (χ0) is 20.4. The Bertz CT molecular complexity index is 1200. The Kier molecular flexibility index (Phi) is 5.22. The molecular formula is C26H25NO2. The summed E-state index contributed by atoms with van der Waals surface area (Å²) in [5.41, 5.74) is 5.70. The molecule has 2 heterocycles. The van der Waals surface area contributed by atoms with Crippen LogP contribution in [0.15, 0.2) is 72.9 Å². The highest BCUT2D eigenvalue weighted by Crippen LogP contribution is 2.40. The number of fused-ring (bicyclic) bond motifs is 3. The maximum absolute atomic E-state index is 12.1. The molecule has 0 aliphatic rings. The highest BCUT2D eigenvalue weighted by Gasteiger charge is 2.21. The molecule has 0 fully saturated rings. The van der Waals surface area contributed by atoms with Gasteiger partial charge in [-0.2, -0.15) is 0 Å². The van der Waals surface area contributed by atoms with Crippen molar-refractivity contribution in [2.75, 3.05) is 6.61 Å². The van der Waals surface area contributed by atoms with E-state index in [1.807, 2.05) is 19.1 Å². The average molecular weight is 383 g/mol. The van der Waals surface area contributed by atoms with Crippen LogP contribution >= 0.6 is 0 Å². The van der Waals surface area contributed by atoms with Gasteiger partial charge in [-0.1, -0.05) is 68.4 Å². The SMILES string of the molecule is CCOC(=O)C=Cc1c(-c2ccccc2)c2c3ccccc3ccn2c1C(C)C. The number of benzene rings is 2. The Balaban J connectivity index is 2.12. The minimum atomic E-state index is -0.318. The summed E-state index contributed by atoms with van der Waals surface area (Å²) in [6, 6.07) is 21.0. The van der Waals surface area contributed by atoms with Crippen molar-refractivity contribution in [1.29, 1.82) is 0 Å². The van der Waals surface area contributed by atoms with Crippen molar-refractivity contribution in [3.8, 4) is 11.1 Å². The summed E-state index contributed by atoms with van der Waals surface area (Å²) >= 11 is 0. The number of hydrogen-bond acceptors (Lipinski definition) is 2. The number of carbonyl (C=O) groups excluding carboxylic acids is 1. The van der Waals surface area contributed by atoms with Gasteiger partial charge in [0.25, 0.3) is 0 Å². The van der Waals surface area contributed by atoms with Gasteiger partial charge >= 0.3 is 5.97 Å². The third-order valence-corrected chi connectivity index (χ3v) is 5.18. The van der Waals surface area contributed by atoms with Gasteiger partial charge in [-0.3, -0.25) is 0 Å². The number of hydrogen-bond donors (Lipinski definition) is 0. The molecule has 146 valence electrons. The molecule has 29 heavy (non-hydrogen) atoms. The van der Waals surface area contributed by atoms with Crippen LogP contribution in [0.25, 0.3) is 33.5 Å². The Hall–Kier alpha value is -3.33. The lowest BCUT2D eigenvalue weighted by Gasteiger charge is -2.09. The van der Waals surface area contributed by atoms with Crippen molar-refractivity contribution >= 4 is 28.3 Å². The van der Waals surface area contributed by atoms with E-state index in [0.29, 0.717) is 6.61 Å². The third-order valence-electron chi connectivity index (χ3n) is 5.18. The number of aromatic nitrogens is 1. The molecule has 4 rings (SSSR count). The molecule has 0 aliphatic carbocycles. The topological polar surface area (TPSA) is 30.7 Å². The van der Waals surface area contributed by atoms with Gasteiger partial charge in [-0.25, -0.2) is 4.79 Å². The van der Waals surface area contributed by atoms with Crippen molar-refractivity contribution in [3.63, 3.8) is 0 Å². The number of carbonyl (C=O) groups is 1. The van der Waals surface area contributed by atoms with Gasteiger partial charge in [0.1, 0.15) is 0 Å². The fourth-order valence-corrected chi connectivity index (χ4v) is 4.06. The summed E-state index contributed by atoms with van der Waals surface area (Å²) in [6.07, 6.45) is 5.59. The number of pyridine rings is 1. The molecule has 0 spiro atoms. The van der Waals surface area contributed by atoms with Gasteiger partial charge in [-0.05, 0) is 35.9 Å². The van der Waals surface area contributed by atoms with E-state index in [1.165, 1.54) is 22.0 Å². The van der Waals surface area contributed by atoms with E-state index >= 15 is 0 Å². The zero-order valence-electron chi connectivity index (χ0n) is 17.1. The molecule has 2 aromatic heterocycles. The van der Waals surface area contributed by atoms with Crippen molar-refractivity contribution in [2.45, 2.75) is 26.7 Å². The van der Waals surface area contributed by atoms with Crippen LogP contribution in [0.4, 0.5) is 0 Å². The lowest BCUT2D eigenvalue weighted by atomic mass is 9.96. The first-order valence-corrected chi connectivity index (χ1v) is 10.1. The van der Waals surface area contributed by atoms with E-state index in [4.69, 9.17) is 4.74 Å². The summed E-state index contributed by atoms with van der Waals surface area (Å²) in [4.78, 5) is 12.1. The van der Waals surface area contributed by atoms with Crippen LogP contribution in [-0.2, 0) is 9.53 Å². The van der Waals surface area contributed by atoms with Gasteiger partial charge < -0.3 is 9.14 Å². The van der Waals surface area contributed by atoms with E-state index in [9.17, 15) is 4.79 Å². The van der Waals surface area contributed by atoms with Crippen LogP contribution in [0.1, 0.15) is 37.9 Å². The Morgan fingerprint density at radius 3 is 2.48 bits per heavy atom. The van der Waals surface area contributed by atoms with Crippen LogP contribution in [-0.4, -0.2) is 17.0 Å². The van der Waals surface area contributed by atoms with Crippen molar-refractivity contribution in [1.82, 2.24) is 4.40 Å². The highest BCUT2D eigenvalue weighted by atomic mass is 16.5. The van der Waals surface area contributed by atoms with Crippen LogP contribution in [0, 0.1) is 0 Å². The minimum Gasteiger partial charge on any atom is -0.463 e. The predicted molar refractivity (Wildman–Crippen MR) is 120 cm³/mol. The standard InChI is InChI=1S/C26H25NO2/c1-4-29-23(28)15-14-22-24(20-11-6-5-7-12-20)26-21-13-9-8-10-19(21)16-17-27(26)25(22)18(2)3/h5-18H,4H2,1-3H3. The molecule has 0 saturated carbocycles. The second-order valence-electron chi connectivity index (χ2n) is 7.40. The molecule has 0 unspecified atom stereocenters. The average Bonchev–Trinajstić information content (AvgIpc) is 3.08. The minimum absolute atomic E-state index is 0.281. The van der Waals surface area contributed by atoms with Gasteiger partial charge in [-0.15, -0.1) is 0 Å². The fraction of sp³-hybridized carbons (Fsp3) is 0.192. The lowest BCUT2D eigenvalue weighted by molar-refractivity contribution is -0.137. The Morgan fingerprint density at radius 2 is 1.76 bits per heavy atom. The second kappa shape index (κ2) is 7.96. The smallest absolute Gasteiger partial charge is 0.330 e. The lowest BCUT2D eigenvalue weighted by Crippen LogP contribution is -2.00. The van der Waals surface area contributed by atoms with Crippen molar-refractivity contribution in [3.05, 3.63) is 84.2 Å². The van der Waals surface area contributed by atoms with Gasteiger partial charge in [0.05, 0.1) is 12.1 Å². The van der Waals surface area contributed by atoms with E-state index in [0.717, 1.165) is 16.7 Å². The van der Waals surface area contributed by atoms with Crippen LogP contribution in [0.2, 0.25) is 0 Å². The molecular weight excluding hydrogens is 358 g/mol. The van der Waals surface area contributed by atoms with Crippen LogP contribution < -0.4 is 0 Å². The molecule has 0 N–H and O–H groups in total. The largest absolute Gasteiger partial charge is 0.463 e. The summed E-state index contributed by atoms with van der Waals surface area (Å²) in [7, 11) is 0.